The molecule has 0 radical (unpaired) electrons. The molecule has 0 aliphatic carbocycles. The maximum atomic E-state index is 11.3. The van der Waals surface area contributed by atoms with Gasteiger partial charge < -0.3 is 15.2 Å². The Balaban J connectivity index is 2.65. The molecule has 2 unspecified atom stereocenters. The topological polar surface area (TPSA) is 58.6 Å². The molecule has 0 bridgehead atoms. The van der Waals surface area contributed by atoms with E-state index in [4.69, 9.17) is 4.74 Å². The van der Waals surface area contributed by atoms with E-state index in [9.17, 15) is 9.90 Å². The van der Waals surface area contributed by atoms with E-state index in [1.54, 1.807) is 0 Å². The van der Waals surface area contributed by atoms with E-state index in [0.29, 0.717) is 25.4 Å². The van der Waals surface area contributed by atoms with Crippen molar-refractivity contribution in [1.82, 2.24) is 5.32 Å². The molecule has 1 aliphatic heterocycles. The third-order valence-corrected chi connectivity index (χ3v) is 2.83. The average molecular weight is 215 g/mol. The third-order valence-electron chi connectivity index (χ3n) is 2.83. The van der Waals surface area contributed by atoms with Crippen LogP contribution in [-0.2, 0) is 9.53 Å². The van der Waals surface area contributed by atoms with Crippen LogP contribution < -0.4 is 5.32 Å². The smallest absolute Gasteiger partial charge is 0.324 e. The first-order chi connectivity index (χ1) is 6.96. The van der Waals surface area contributed by atoms with Crippen LogP contribution in [0.4, 0.5) is 0 Å². The summed E-state index contributed by atoms with van der Waals surface area (Å²) in [5.74, 6) is -0.294. The Bertz CT molecular complexity index is 230. The third kappa shape index (κ3) is 3.18. The van der Waals surface area contributed by atoms with Gasteiger partial charge in [0.05, 0.1) is 6.10 Å². The van der Waals surface area contributed by atoms with Gasteiger partial charge in [-0.3, -0.25) is 4.79 Å². The van der Waals surface area contributed by atoms with Gasteiger partial charge >= 0.3 is 5.97 Å². The summed E-state index contributed by atoms with van der Waals surface area (Å²) in [7, 11) is 0. The summed E-state index contributed by atoms with van der Waals surface area (Å²) in [4.78, 5) is 11.3. The first kappa shape index (κ1) is 12.5. The predicted octanol–water partition coefficient (Wildman–Crippen LogP) is 1.25. The summed E-state index contributed by atoms with van der Waals surface area (Å²) < 4.78 is 5.39. The number of carboxylic acid groups (broad SMARTS) is 1. The van der Waals surface area contributed by atoms with E-state index in [1.807, 2.05) is 6.92 Å². The first-order valence-corrected chi connectivity index (χ1v) is 5.56. The molecule has 1 saturated heterocycles. The van der Waals surface area contributed by atoms with E-state index in [2.05, 4.69) is 19.2 Å². The van der Waals surface area contributed by atoms with Gasteiger partial charge in [0, 0.05) is 13.0 Å². The van der Waals surface area contributed by atoms with Crippen LogP contribution in [0.1, 0.15) is 33.6 Å². The van der Waals surface area contributed by atoms with E-state index < -0.39 is 11.5 Å². The lowest BCUT2D eigenvalue weighted by atomic mass is 9.86. The number of carboxylic acids is 1. The van der Waals surface area contributed by atoms with Gasteiger partial charge in [0.2, 0.25) is 0 Å². The molecule has 4 heteroatoms. The Kier molecular flexibility index (Phi) is 4.11. The highest BCUT2D eigenvalue weighted by Crippen LogP contribution is 2.25. The molecule has 0 aromatic rings. The lowest BCUT2D eigenvalue weighted by Crippen LogP contribution is -2.57. The van der Waals surface area contributed by atoms with Crippen molar-refractivity contribution in [2.75, 3.05) is 13.2 Å². The SMILES string of the molecule is CC(C)CNC1(C(=O)O)CCOC(C)C1. The van der Waals surface area contributed by atoms with E-state index >= 15 is 0 Å². The van der Waals surface area contributed by atoms with Crippen molar-refractivity contribution in [2.45, 2.75) is 45.3 Å². The lowest BCUT2D eigenvalue weighted by Gasteiger charge is -2.37. The number of rotatable bonds is 4. The molecular formula is C11H21NO3. The second kappa shape index (κ2) is 4.94. The van der Waals surface area contributed by atoms with Crippen LogP contribution in [0.5, 0.6) is 0 Å². The monoisotopic (exact) mass is 215 g/mol. The summed E-state index contributed by atoms with van der Waals surface area (Å²) in [6.07, 6.45) is 1.13. The highest BCUT2D eigenvalue weighted by atomic mass is 16.5. The Morgan fingerprint density at radius 3 is 2.80 bits per heavy atom. The molecule has 0 saturated carbocycles. The Hall–Kier alpha value is -0.610. The van der Waals surface area contributed by atoms with Gasteiger partial charge in [-0.2, -0.15) is 0 Å². The molecule has 0 spiro atoms. The van der Waals surface area contributed by atoms with Crippen LogP contribution in [0.15, 0.2) is 0 Å². The molecule has 88 valence electrons. The maximum Gasteiger partial charge on any atom is 0.324 e. The van der Waals surface area contributed by atoms with Gasteiger partial charge in [0.15, 0.2) is 0 Å². The number of ether oxygens (including phenoxy) is 1. The largest absolute Gasteiger partial charge is 0.480 e. The van der Waals surface area contributed by atoms with Gasteiger partial charge in [-0.1, -0.05) is 13.8 Å². The molecule has 1 heterocycles. The standard InChI is InChI=1S/C11H21NO3/c1-8(2)7-12-11(10(13)14)4-5-15-9(3)6-11/h8-9,12H,4-7H2,1-3H3,(H,13,14). The molecule has 1 rings (SSSR count). The Labute approximate surface area is 91.0 Å². The molecule has 2 atom stereocenters. The predicted molar refractivity (Wildman–Crippen MR) is 57.9 cm³/mol. The zero-order chi connectivity index (χ0) is 11.5. The molecule has 1 aliphatic rings. The average Bonchev–Trinajstić information content (AvgIpc) is 2.14. The number of hydrogen-bond donors (Lipinski definition) is 2. The van der Waals surface area contributed by atoms with Crippen LogP contribution >= 0.6 is 0 Å². The highest BCUT2D eigenvalue weighted by molar-refractivity contribution is 5.79. The Morgan fingerprint density at radius 1 is 1.67 bits per heavy atom. The first-order valence-electron chi connectivity index (χ1n) is 5.56. The summed E-state index contributed by atoms with van der Waals surface area (Å²) in [5.41, 5.74) is -0.776. The lowest BCUT2D eigenvalue weighted by molar-refractivity contribution is -0.151. The van der Waals surface area contributed by atoms with Crippen molar-refractivity contribution in [1.29, 1.82) is 0 Å². The van der Waals surface area contributed by atoms with Crippen LogP contribution in [0.2, 0.25) is 0 Å². The Morgan fingerprint density at radius 2 is 2.33 bits per heavy atom. The van der Waals surface area contributed by atoms with Crippen molar-refractivity contribution in [3.63, 3.8) is 0 Å². The maximum absolute atomic E-state index is 11.3. The van der Waals surface area contributed by atoms with Crippen molar-refractivity contribution >= 4 is 5.97 Å². The number of aliphatic carboxylic acids is 1. The molecule has 15 heavy (non-hydrogen) atoms. The van der Waals surface area contributed by atoms with E-state index in [1.165, 1.54) is 0 Å². The molecule has 4 nitrogen and oxygen atoms in total. The van der Waals surface area contributed by atoms with Crippen molar-refractivity contribution in [3.05, 3.63) is 0 Å². The van der Waals surface area contributed by atoms with Crippen LogP contribution in [-0.4, -0.2) is 35.9 Å². The minimum Gasteiger partial charge on any atom is -0.480 e. The fourth-order valence-electron chi connectivity index (χ4n) is 1.92. The minimum atomic E-state index is -0.776. The highest BCUT2D eigenvalue weighted by Gasteiger charge is 2.42. The van der Waals surface area contributed by atoms with Crippen LogP contribution in [0.3, 0.4) is 0 Å². The van der Waals surface area contributed by atoms with E-state index in [-0.39, 0.29) is 6.10 Å². The van der Waals surface area contributed by atoms with Crippen molar-refractivity contribution < 1.29 is 14.6 Å². The fourth-order valence-corrected chi connectivity index (χ4v) is 1.92. The van der Waals surface area contributed by atoms with Gasteiger partial charge in [0.25, 0.3) is 0 Å². The molecule has 1 fully saturated rings. The van der Waals surface area contributed by atoms with Crippen LogP contribution in [0, 0.1) is 5.92 Å². The van der Waals surface area contributed by atoms with E-state index in [0.717, 1.165) is 6.54 Å². The van der Waals surface area contributed by atoms with Gasteiger partial charge in [0.1, 0.15) is 5.54 Å². The second-order valence-electron chi connectivity index (χ2n) is 4.80. The normalized spacial score (nSPS) is 31.9. The summed E-state index contributed by atoms with van der Waals surface area (Å²) in [6, 6.07) is 0. The van der Waals surface area contributed by atoms with Gasteiger partial charge in [-0.05, 0) is 25.8 Å². The van der Waals surface area contributed by atoms with Crippen LogP contribution in [0.25, 0.3) is 0 Å². The van der Waals surface area contributed by atoms with Gasteiger partial charge in [-0.25, -0.2) is 0 Å². The molecule has 0 aromatic heterocycles. The molecular weight excluding hydrogens is 194 g/mol. The zero-order valence-electron chi connectivity index (χ0n) is 9.75. The fraction of sp³-hybridized carbons (Fsp3) is 0.909. The number of carbonyl (C=O) groups is 1. The molecule has 0 amide bonds. The van der Waals surface area contributed by atoms with Crippen molar-refractivity contribution in [2.24, 2.45) is 5.92 Å². The summed E-state index contributed by atoms with van der Waals surface area (Å²) in [6.45, 7) is 7.34. The van der Waals surface area contributed by atoms with Gasteiger partial charge in [-0.15, -0.1) is 0 Å². The second-order valence-corrected chi connectivity index (χ2v) is 4.80. The molecule has 2 N–H and O–H groups in total. The quantitative estimate of drug-likeness (QED) is 0.741. The van der Waals surface area contributed by atoms with Crippen molar-refractivity contribution in [3.8, 4) is 0 Å². The summed E-state index contributed by atoms with van der Waals surface area (Å²) >= 11 is 0. The number of hydrogen-bond acceptors (Lipinski definition) is 3. The zero-order valence-corrected chi connectivity index (χ0v) is 9.75. The molecule has 0 aromatic carbocycles. The number of nitrogens with one attached hydrogen (secondary N) is 1. The minimum absolute atomic E-state index is 0.0227. The summed E-state index contributed by atoms with van der Waals surface area (Å²) in [5, 5.41) is 12.5.